The Kier molecular flexibility index (Phi) is 5.45. The molecule has 2 aliphatic rings. The van der Waals surface area contributed by atoms with E-state index < -0.39 is 0 Å². The van der Waals surface area contributed by atoms with Crippen molar-refractivity contribution >= 4 is 5.91 Å². The first kappa shape index (κ1) is 13.8. The number of likely N-dealkylation sites (N-methyl/N-ethyl adjacent to an activating group) is 1. The zero-order chi connectivity index (χ0) is 12.8. The molecule has 0 aromatic rings. The molecule has 1 heterocycles. The maximum absolute atomic E-state index is 12.1. The number of amides is 1. The van der Waals surface area contributed by atoms with Crippen molar-refractivity contribution in [2.45, 2.75) is 45.1 Å². The predicted molar refractivity (Wildman–Crippen MR) is 73.6 cm³/mol. The van der Waals surface area contributed by atoms with Gasteiger partial charge in [-0.25, -0.2) is 0 Å². The highest BCUT2D eigenvalue weighted by Crippen LogP contribution is 2.17. The summed E-state index contributed by atoms with van der Waals surface area (Å²) in [6, 6.07) is 0.583. The molecule has 1 N–H and O–H groups in total. The number of hydrogen-bond acceptors (Lipinski definition) is 3. The maximum Gasteiger partial charge on any atom is 0.236 e. The molecule has 2 rings (SSSR count). The Balaban J connectivity index is 1.65. The van der Waals surface area contributed by atoms with Gasteiger partial charge in [0.25, 0.3) is 0 Å². The Hall–Kier alpha value is -0.610. The molecule has 4 heteroatoms. The van der Waals surface area contributed by atoms with Crippen LogP contribution in [0.5, 0.6) is 0 Å². The first-order valence-electron chi connectivity index (χ1n) is 7.53. The zero-order valence-corrected chi connectivity index (χ0v) is 11.7. The molecule has 104 valence electrons. The van der Waals surface area contributed by atoms with Gasteiger partial charge in [-0.05, 0) is 19.4 Å². The minimum atomic E-state index is 0.288. The molecule has 0 radical (unpaired) electrons. The number of nitrogens with zero attached hydrogens (tertiary/aromatic N) is 2. The normalized spacial score (nSPS) is 23.3. The van der Waals surface area contributed by atoms with E-state index in [1.54, 1.807) is 0 Å². The summed E-state index contributed by atoms with van der Waals surface area (Å²) < 4.78 is 0. The van der Waals surface area contributed by atoms with Gasteiger partial charge in [-0.1, -0.05) is 26.2 Å². The molecule has 1 amide bonds. The Morgan fingerprint density at radius 2 is 1.78 bits per heavy atom. The topological polar surface area (TPSA) is 35.6 Å². The second kappa shape index (κ2) is 7.10. The van der Waals surface area contributed by atoms with Gasteiger partial charge in [0, 0.05) is 32.2 Å². The molecule has 4 nitrogen and oxygen atoms in total. The summed E-state index contributed by atoms with van der Waals surface area (Å²) in [7, 11) is 0. The Bertz CT molecular complexity index is 256. The number of carbonyl (C=O) groups is 1. The second-order valence-electron chi connectivity index (χ2n) is 5.53. The summed E-state index contributed by atoms with van der Waals surface area (Å²) in [5, 5.41) is 3.44. The summed E-state index contributed by atoms with van der Waals surface area (Å²) in [4.78, 5) is 16.5. The summed E-state index contributed by atoms with van der Waals surface area (Å²) in [5.74, 6) is 0.288. The van der Waals surface area contributed by atoms with Gasteiger partial charge < -0.3 is 15.1 Å². The van der Waals surface area contributed by atoms with Crippen molar-refractivity contribution in [3.8, 4) is 0 Å². The van der Waals surface area contributed by atoms with E-state index >= 15 is 0 Å². The fraction of sp³-hybridized carbons (Fsp3) is 0.929. The van der Waals surface area contributed by atoms with Crippen molar-refractivity contribution in [1.82, 2.24) is 15.1 Å². The minimum absolute atomic E-state index is 0.288. The van der Waals surface area contributed by atoms with Crippen LogP contribution in [0.1, 0.15) is 39.0 Å². The molecule has 0 spiro atoms. The molecule has 0 aromatic heterocycles. The summed E-state index contributed by atoms with van der Waals surface area (Å²) in [5.41, 5.74) is 0. The fourth-order valence-electron chi connectivity index (χ4n) is 2.96. The maximum atomic E-state index is 12.1. The van der Waals surface area contributed by atoms with Crippen molar-refractivity contribution in [1.29, 1.82) is 0 Å². The fourth-order valence-corrected chi connectivity index (χ4v) is 2.96. The molecular formula is C14H27N3O. The average Bonchev–Trinajstić information content (AvgIpc) is 2.46. The van der Waals surface area contributed by atoms with Crippen molar-refractivity contribution < 1.29 is 4.79 Å². The number of rotatable bonds is 4. The van der Waals surface area contributed by atoms with Crippen molar-refractivity contribution in [2.75, 3.05) is 39.3 Å². The quantitative estimate of drug-likeness (QED) is 0.814. The smallest absolute Gasteiger partial charge is 0.236 e. The number of piperazine rings is 1. The monoisotopic (exact) mass is 253 g/mol. The molecule has 1 saturated carbocycles. The van der Waals surface area contributed by atoms with Gasteiger partial charge in [0.2, 0.25) is 5.91 Å². The third-order valence-corrected chi connectivity index (χ3v) is 4.32. The SMILES string of the molecule is CCN1CCN(C(=O)CNC2CCCCC2)CC1. The second-order valence-corrected chi connectivity index (χ2v) is 5.53. The van der Waals surface area contributed by atoms with Crippen molar-refractivity contribution in [3.05, 3.63) is 0 Å². The van der Waals surface area contributed by atoms with Crippen LogP contribution < -0.4 is 5.32 Å². The highest BCUT2D eigenvalue weighted by atomic mass is 16.2. The lowest BCUT2D eigenvalue weighted by atomic mass is 9.95. The Labute approximate surface area is 111 Å². The van der Waals surface area contributed by atoms with E-state index in [4.69, 9.17) is 0 Å². The standard InChI is InChI=1S/C14H27N3O/c1-2-16-8-10-17(11-9-16)14(18)12-15-13-6-4-3-5-7-13/h13,15H,2-12H2,1H3. The lowest BCUT2D eigenvalue weighted by molar-refractivity contribution is -0.132. The van der Waals surface area contributed by atoms with Crippen LogP contribution >= 0.6 is 0 Å². The van der Waals surface area contributed by atoms with Gasteiger partial charge in [-0.3, -0.25) is 4.79 Å². The summed E-state index contributed by atoms with van der Waals surface area (Å²) in [6.45, 7) is 7.69. The molecule has 2 fully saturated rings. The van der Waals surface area contributed by atoms with Gasteiger partial charge in [-0.15, -0.1) is 0 Å². The van der Waals surface area contributed by atoms with E-state index in [1.807, 2.05) is 4.90 Å². The van der Waals surface area contributed by atoms with Gasteiger partial charge in [0.15, 0.2) is 0 Å². The molecule has 1 aliphatic carbocycles. The molecule has 1 aliphatic heterocycles. The van der Waals surface area contributed by atoms with Gasteiger partial charge >= 0.3 is 0 Å². The molecular weight excluding hydrogens is 226 g/mol. The molecule has 0 bridgehead atoms. The first-order valence-corrected chi connectivity index (χ1v) is 7.53. The third kappa shape index (κ3) is 3.95. The van der Waals surface area contributed by atoms with Crippen LogP contribution in [0.25, 0.3) is 0 Å². The van der Waals surface area contributed by atoms with Crippen LogP contribution in [0.2, 0.25) is 0 Å². The zero-order valence-electron chi connectivity index (χ0n) is 11.7. The predicted octanol–water partition coefficient (Wildman–Crippen LogP) is 1.07. The van der Waals surface area contributed by atoms with Crippen LogP contribution in [-0.4, -0.2) is 61.0 Å². The lowest BCUT2D eigenvalue weighted by Crippen LogP contribution is -2.51. The van der Waals surface area contributed by atoms with Crippen molar-refractivity contribution in [3.63, 3.8) is 0 Å². The molecule has 0 aromatic carbocycles. The number of hydrogen-bond donors (Lipinski definition) is 1. The van der Waals surface area contributed by atoms with Crippen LogP contribution in [0.4, 0.5) is 0 Å². The van der Waals surface area contributed by atoms with Gasteiger partial charge in [0.1, 0.15) is 0 Å². The van der Waals surface area contributed by atoms with Gasteiger partial charge in [0.05, 0.1) is 6.54 Å². The highest BCUT2D eigenvalue weighted by molar-refractivity contribution is 5.78. The number of nitrogens with one attached hydrogen (secondary N) is 1. The lowest BCUT2D eigenvalue weighted by Gasteiger charge is -2.34. The Morgan fingerprint density at radius 1 is 1.11 bits per heavy atom. The van der Waals surface area contributed by atoms with Crippen LogP contribution in [0.3, 0.4) is 0 Å². The molecule has 0 unspecified atom stereocenters. The average molecular weight is 253 g/mol. The van der Waals surface area contributed by atoms with E-state index in [2.05, 4.69) is 17.1 Å². The summed E-state index contributed by atoms with van der Waals surface area (Å²) in [6.07, 6.45) is 6.50. The number of carbonyl (C=O) groups excluding carboxylic acids is 1. The van der Waals surface area contributed by atoms with E-state index in [9.17, 15) is 4.79 Å². The van der Waals surface area contributed by atoms with Gasteiger partial charge in [-0.2, -0.15) is 0 Å². The highest BCUT2D eigenvalue weighted by Gasteiger charge is 2.21. The van der Waals surface area contributed by atoms with E-state index in [-0.39, 0.29) is 5.91 Å². The summed E-state index contributed by atoms with van der Waals surface area (Å²) >= 11 is 0. The first-order chi connectivity index (χ1) is 8.79. The minimum Gasteiger partial charge on any atom is -0.339 e. The molecule has 18 heavy (non-hydrogen) atoms. The van der Waals surface area contributed by atoms with Crippen LogP contribution in [0, 0.1) is 0 Å². The van der Waals surface area contributed by atoms with Crippen molar-refractivity contribution in [2.24, 2.45) is 0 Å². The van der Waals surface area contributed by atoms with E-state index in [1.165, 1.54) is 32.1 Å². The largest absolute Gasteiger partial charge is 0.339 e. The Morgan fingerprint density at radius 3 is 2.39 bits per heavy atom. The molecule has 0 atom stereocenters. The van der Waals surface area contributed by atoms with Crippen LogP contribution in [0.15, 0.2) is 0 Å². The third-order valence-electron chi connectivity index (χ3n) is 4.32. The van der Waals surface area contributed by atoms with Crippen LogP contribution in [-0.2, 0) is 4.79 Å². The molecule has 1 saturated heterocycles. The van der Waals surface area contributed by atoms with E-state index in [0.717, 1.165) is 32.7 Å². The van der Waals surface area contributed by atoms with E-state index in [0.29, 0.717) is 12.6 Å².